The van der Waals surface area contributed by atoms with Gasteiger partial charge in [-0.3, -0.25) is 14.9 Å². The van der Waals surface area contributed by atoms with Gasteiger partial charge in [-0.25, -0.2) is 0 Å². The summed E-state index contributed by atoms with van der Waals surface area (Å²) in [6, 6.07) is 9.07. The second kappa shape index (κ2) is 6.80. The van der Waals surface area contributed by atoms with E-state index in [1.54, 1.807) is 6.07 Å². The molecule has 2 aromatic carbocycles. The quantitative estimate of drug-likeness (QED) is 0.662. The maximum absolute atomic E-state index is 12.4. The number of nitrogens with one attached hydrogen (secondary N) is 1. The van der Waals surface area contributed by atoms with Crippen LogP contribution in [0.2, 0.25) is 0 Å². The molecule has 25 heavy (non-hydrogen) atoms. The van der Waals surface area contributed by atoms with Crippen LogP contribution in [-0.2, 0) is 6.42 Å². The van der Waals surface area contributed by atoms with Gasteiger partial charge in [-0.05, 0) is 32.0 Å². The Balaban J connectivity index is 1.85. The summed E-state index contributed by atoms with van der Waals surface area (Å²) in [6.45, 7) is 4.32. The summed E-state index contributed by atoms with van der Waals surface area (Å²) in [5.74, 6) is 0.936. The summed E-state index contributed by atoms with van der Waals surface area (Å²) < 4.78 is 11.4. The largest absolute Gasteiger partial charge is 0.492 e. The number of non-ortho nitro benzene ring substituents is 1. The minimum absolute atomic E-state index is 0.0635. The molecule has 1 amide bonds. The molecule has 2 aromatic rings. The topological polar surface area (TPSA) is 90.7 Å². The van der Waals surface area contributed by atoms with Crippen LogP contribution in [0.3, 0.4) is 0 Å². The van der Waals surface area contributed by atoms with E-state index in [1.807, 2.05) is 19.9 Å². The van der Waals surface area contributed by atoms with Crippen LogP contribution < -0.4 is 14.8 Å². The number of amides is 1. The van der Waals surface area contributed by atoms with Crippen molar-refractivity contribution in [1.82, 2.24) is 0 Å². The Morgan fingerprint density at radius 2 is 2.08 bits per heavy atom. The molecule has 7 heteroatoms. The number of hydrogen-bond donors (Lipinski definition) is 1. The summed E-state index contributed by atoms with van der Waals surface area (Å²) in [5, 5.41) is 13.5. The van der Waals surface area contributed by atoms with Gasteiger partial charge < -0.3 is 14.8 Å². The van der Waals surface area contributed by atoms with Crippen LogP contribution in [0.4, 0.5) is 11.4 Å². The average Bonchev–Trinajstić information content (AvgIpc) is 2.94. The van der Waals surface area contributed by atoms with E-state index in [0.29, 0.717) is 23.6 Å². The van der Waals surface area contributed by atoms with E-state index in [-0.39, 0.29) is 17.7 Å². The van der Waals surface area contributed by atoms with E-state index in [2.05, 4.69) is 5.32 Å². The SMILES string of the molecule is CCOc1cc2c(cc1NC(=O)c1ccc([N+](=O)[O-])cc1)O[C@H](C)C2. The highest BCUT2D eigenvalue weighted by Gasteiger charge is 2.23. The maximum atomic E-state index is 12.4. The fourth-order valence-corrected chi connectivity index (χ4v) is 2.74. The molecule has 0 aromatic heterocycles. The summed E-state index contributed by atoms with van der Waals surface area (Å²) in [4.78, 5) is 22.6. The van der Waals surface area contributed by atoms with Crippen LogP contribution in [0.1, 0.15) is 29.8 Å². The Bertz CT molecular complexity index is 817. The lowest BCUT2D eigenvalue weighted by atomic mass is 10.1. The molecule has 0 saturated carbocycles. The first-order valence-electron chi connectivity index (χ1n) is 8.00. The Labute approximate surface area is 144 Å². The first-order chi connectivity index (χ1) is 12.0. The molecule has 1 heterocycles. The minimum Gasteiger partial charge on any atom is -0.492 e. The van der Waals surface area contributed by atoms with Crippen LogP contribution in [0.15, 0.2) is 36.4 Å². The number of fused-ring (bicyclic) bond motifs is 1. The zero-order valence-electron chi connectivity index (χ0n) is 13.9. The van der Waals surface area contributed by atoms with Gasteiger partial charge in [0, 0.05) is 35.7 Å². The van der Waals surface area contributed by atoms with Gasteiger partial charge in [0.15, 0.2) is 0 Å². The predicted molar refractivity (Wildman–Crippen MR) is 92.5 cm³/mol. The molecule has 1 N–H and O–H groups in total. The first-order valence-corrected chi connectivity index (χ1v) is 8.00. The zero-order valence-corrected chi connectivity index (χ0v) is 13.9. The number of carbonyl (C=O) groups excluding carboxylic acids is 1. The van der Waals surface area contributed by atoms with E-state index < -0.39 is 4.92 Å². The zero-order chi connectivity index (χ0) is 18.0. The van der Waals surface area contributed by atoms with E-state index in [0.717, 1.165) is 17.7 Å². The second-order valence-electron chi connectivity index (χ2n) is 5.78. The second-order valence-corrected chi connectivity index (χ2v) is 5.78. The molecule has 0 radical (unpaired) electrons. The standard InChI is InChI=1S/C18H18N2O5/c1-3-24-17-9-13-8-11(2)25-16(13)10-15(17)19-18(21)12-4-6-14(7-5-12)20(22)23/h4-7,9-11H,3,8H2,1-2H3,(H,19,21)/t11-/m1/s1. The van der Waals surface area contributed by atoms with Gasteiger partial charge in [-0.2, -0.15) is 0 Å². The average molecular weight is 342 g/mol. The van der Waals surface area contributed by atoms with Crippen molar-refractivity contribution in [3.05, 3.63) is 57.6 Å². The van der Waals surface area contributed by atoms with Crippen molar-refractivity contribution in [2.24, 2.45) is 0 Å². The summed E-state index contributed by atoms with van der Waals surface area (Å²) in [6.07, 6.45) is 0.886. The van der Waals surface area contributed by atoms with E-state index in [4.69, 9.17) is 9.47 Å². The lowest BCUT2D eigenvalue weighted by molar-refractivity contribution is -0.384. The molecule has 0 fully saturated rings. The van der Waals surface area contributed by atoms with Crippen molar-refractivity contribution in [3.8, 4) is 11.5 Å². The molecule has 0 saturated heterocycles. The number of nitro groups is 1. The van der Waals surface area contributed by atoms with Gasteiger partial charge in [-0.1, -0.05) is 0 Å². The lowest BCUT2D eigenvalue weighted by Crippen LogP contribution is -2.13. The van der Waals surface area contributed by atoms with Crippen LogP contribution in [0, 0.1) is 10.1 Å². The molecule has 7 nitrogen and oxygen atoms in total. The van der Waals surface area contributed by atoms with Crippen LogP contribution in [0.25, 0.3) is 0 Å². The third kappa shape index (κ3) is 3.55. The molecule has 0 unspecified atom stereocenters. The third-order valence-electron chi connectivity index (χ3n) is 3.89. The van der Waals surface area contributed by atoms with Gasteiger partial charge in [0.05, 0.1) is 17.2 Å². The van der Waals surface area contributed by atoms with Gasteiger partial charge in [0.25, 0.3) is 11.6 Å². The number of nitro benzene ring substituents is 1. The van der Waals surface area contributed by atoms with Crippen molar-refractivity contribution in [1.29, 1.82) is 0 Å². The number of carbonyl (C=O) groups is 1. The summed E-state index contributed by atoms with van der Waals surface area (Å²) in [5.41, 5.74) is 1.82. The number of benzene rings is 2. The van der Waals surface area contributed by atoms with Crippen LogP contribution >= 0.6 is 0 Å². The predicted octanol–water partition coefficient (Wildman–Crippen LogP) is 3.57. The van der Waals surface area contributed by atoms with E-state index >= 15 is 0 Å². The van der Waals surface area contributed by atoms with Crippen LogP contribution in [-0.4, -0.2) is 23.5 Å². The van der Waals surface area contributed by atoms with Gasteiger partial charge in [-0.15, -0.1) is 0 Å². The molecule has 0 spiro atoms. The van der Waals surface area contributed by atoms with Crippen molar-refractivity contribution in [2.75, 3.05) is 11.9 Å². The Morgan fingerprint density at radius 3 is 2.72 bits per heavy atom. The molecule has 130 valence electrons. The molecule has 1 aliphatic heterocycles. The number of ether oxygens (including phenoxy) is 2. The van der Waals surface area contributed by atoms with Crippen LogP contribution in [0.5, 0.6) is 11.5 Å². The first kappa shape index (κ1) is 16.8. The van der Waals surface area contributed by atoms with Gasteiger partial charge in [0.2, 0.25) is 0 Å². The molecule has 1 aliphatic rings. The number of anilines is 1. The summed E-state index contributed by atoms with van der Waals surface area (Å²) in [7, 11) is 0. The fourth-order valence-electron chi connectivity index (χ4n) is 2.74. The minimum atomic E-state index is -0.506. The number of hydrogen-bond acceptors (Lipinski definition) is 5. The molecule has 0 aliphatic carbocycles. The highest BCUT2D eigenvalue weighted by molar-refractivity contribution is 6.05. The van der Waals surface area contributed by atoms with E-state index in [9.17, 15) is 14.9 Å². The lowest BCUT2D eigenvalue weighted by Gasteiger charge is -2.13. The highest BCUT2D eigenvalue weighted by Crippen LogP contribution is 2.38. The van der Waals surface area contributed by atoms with Crippen molar-refractivity contribution >= 4 is 17.3 Å². The summed E-state index contributed by atoms with van der Waals surface area (Å²) >= 11 is 0. The Morgan fingerprint density at radius 1 is 1.36 bits per heavy atom. The third-order valence-corrected chi connectivity index (χ3v) is 3.89. The maximum Gasteiger partial charge on any atom is 0.269 e. The van der Waals surface area contributed by atoms with Gasteiger partial charge >= 0.3 is 0 Å². The van der Waals surface area contributed by atoms with Gasteiger partial charge in [0.1, 0.15) is 17.6 Å². The van der Waals surface area contributed by atoms with Crippen molar-refractivity contribution < 1.29 is 19.2 Å². The smallest absolute Gasteiger partial charge is 0.269 e. The highest BCUT2D eigenvalue weighted by atomic mass is 16.6. The Kier molecular flexibility index (Phi) is 4.56. The molecule has 1 atom stereocenters. The molecular formula is C18H18N2O5. The number of nitrogens with zero attached hydrogens (tertiary/aromatic N) is 1. The normalized spacial score (nSPS) is 15.2. The molecular weight excluding hydrogens is 324 g/mol. The molecule has 3 rings (SSSR count). The fraction of sp³-hybridized carbons (Fsp3) is 0.278. The van der Waals surface area contributed by atoms with Crippen molar-refractivity contribution in [2.45, 2.75) is 26.4 Å². The number of rotatable bonds is 5. The Hall–Kier alpha value is -3.09. The molecule has 0 bridgehead atoms. The monoisotopic (exact) mass is 342 g/mol. The van der Waals surface area contributed by atoms with Crippen molar-refractivity contribution in [3.63, 3.8) is 0 Å². The van der Waals surface area contributed by atoms with E-state index in [1.165, 1.54) is 24.3 Å².